The van der Waals surface area contributed by atoms with Crippen LogP contribution in [0.5, 0.6) is 5.75 Å². The van der Waals surface area contributed by atoms with Gasteiger partial charge in [0.2, 0.25) is 0 Å². The largest absolute Gasteiger partial charge is 0.479 e. The molecule has 1 aromatic carbocycles. The summed E-state index contributed by atoms with van der Waals surface area (Å²) in [6, 6.07) is 2.39. The molecule has 1 aromatic rings. The Kier molecular flexibility index (Phi) is 8.02. The summed E-state index contributed by atoms with van der Waals surface area (Å²) in [5.74, 6) is -1.44. The standard InChI is InChI=1S/C20H29FN2O5/c1-4-27-20(24)13-28-19-11-18(23(25)26)17(10-16(19)21)22(12-14(2)3)15-8-6-5-7-9-15/h10-11,14-15H,4-9,12-13H2,1-3H3. The SMILES string of the molecule is CCOC(=O)COc1cc([N+](=O)[O-])c(N(CC(C)C)C2CCCCC2)cc1F. The number of ether oxygens (including phenoxy) is 2. The maximum atomic E-state index is 14.7. The lowest BCUT2D eigenvalue weighted by molar-refractivity contribution is -0.384. The van der Waals surface area contributed by atoms with Gasteiger partial charge in [-0.3, -0.25) is 10.1 Å². The molecule has 0 N–H and O–H groups in total. The number of hydrogen-bond acceptors (Lipinski definition) is 6. The van der Waals surface area contributed by atoms with E-state index in [9.17, 15) is 19.3 Å². The highest BCUT2D eigenvalue weighted by Gasteiger charge is 2.30. The molecule has 28 heavy (non-hydrogen) atoms. The van der Waals surface area contributed by atoms with Crippen molar-refractivity contribution in [1.29, 1.82) is 0 Å². The molecule has 0 heterocycles. The minimum atomic E-state index is -0.727. The number of rotatable bonds is 9. The van der Waals surface area contributed by atoms with Crippen molar-refractivity contribution in [2.75, 3.05) is 24.7 Å². The van der Waals surface area contributed by atoms with Gasteiger partial charge in [-0.1, -0.05) is 33.1 Å². The average molecular weight is 396 g/mol. The second-order valence-electron chi connectivity index (χ2n) is 7.46. The number of anilines is 1. The lowest BCUT2D eigenvalue weighted by Gasteiger charge is -2.37. The van der Waals surface area contributed by atoms with Crippen LogP contribution in [-0.4, -0.2) is 36.7 Å². The normalized spacial score (nSPS) is 14.8. The molecule has 7 nitrogen and oxygen atoms in total. The molecule has 0 saturated heterocycles. The van der Waals surface area contributed by atoms with Crippen LogP contribution in [-0.2, 0) is 9.53 Å². The molecule has 0 atom stereocenters. The number of carbonyl (C=O) groups is 1. The maximum Gasteiger partial charge on any atom is 0.344 e. The van der Waals surface area contributed by atoms with Crippen molar-refractivity contribution in [3.8, 4) is 5.75 Å². The van der Waals surface area contributed by atoms with Crippen LogP contribution in [0.4, 0.5) is 15.8 Å². The fourth-order valence-corrected chi connectivity index (χ4v) is 3.59. The van der Waals surface area contributed by atoms with Crippen LogP contribution >= 0.6 is 0 Å². The molecule has 156 valence electrons. The third-order valence-electron chi connectivity index (χ3n) is 4.76. The summed E-state index contributed by atoms with van der Waals surface area (Å²) in [7, 11) is 0. The first-order valence-corrected chi connectivity index (χ1v) is 9.86. The first-order chi connectivity index (χ1) is 13.3. The fourth-order valence-electron chi connectivity index (χ4n) is 3.59. The van der Waals surface area contributed by atoms with Gasteiger partial charge in [-0.25, -0.2) is 9.18 Å². The van der Waals surface area contributed by atoms with Crippen molar-refractivity contribution in [3.63, 3.8) is 0 Å². The van der Waals surface area contributed by atoms with Crippen LogP contribution in [0.1, 0.15) is 52.9 Å². The molecule has 0 radical (unpaired) electrons. The Morgan fingerprint density at radius 2 is 2.00 bits per heavy atom. The molecular formula is C20H29FN2O5. The number of nitrogens with zero attached hydrogens (tertiary/aromatic N) is 2. The molecule has 1 aliphatic rings. The summed E-state index contributed by atoms with van der Waals surface area (Å²) in [5.41, 5.74) is 0.0538. The van der Waals surface area contributed by atoms with Crippen LogP contribution in [0.2, 0.25) is 0 Å². The zero-order chi connectivity index (χ0) is 20.7. The number of nitro groups is 1. The highest BCUT2D eigenvalue weighted by Crippen LogP contribution is 2.38. The van der Waals surface area contributed by atoms with Gasteiger partial charge in [-0.2, -0.15) is 0 Å². The Bertz CT molecular complexity index is 689. The van der Waals surface area contributed by atoms with Crippen LogP contribution in [0.3, 0.4) is 0 Å². The van der Waals surface area contributed by atoms with Gasteiger partial charge in [0.05, 0.1) is 17.6 Å². The number of hydrogen-bond donors (Lipinski definition) is 0. The van der Waals surface area contributed by atoms with E-state index in [0.717, 1.165) is 44.2 Å². The fraction of sp³-hybridized carbons (Fsp3) is 0.650. The number of halogens is 1. The topological polar surface area (TPSA) is 81.9 Å². The van der Waals surface area contributed by atoms with Gasteiger partial charge in [-0.05, 0) is 25.7 Å². The zero-order valence-electron chi connectivity index (χ0n) is 16.8. The van der Waals surface area contributed by atoms with Crippen molar-refractivity contribution in [2.45, 2.75) is 58.9 Å². The van der Waals surface area contributed by atoms with Crippen LogP contribution in [0.25, 0.3) is 0 Å². The first-order valence-electron chi connectivity index (χ1n) is 9.86. The molecular weight excluding hydrogens is 367 g/mol. The van der Waals surface area contributed by atoms with E-state index < -0.39 is 23.3 Å². The van der Waals surface area contributed by atoms with Gasteiger partial charge < -0.3 is 14.4 Å². The number of benzene rings is 1. The smallest absolute Gasteiger partial charge is 0.344 e. The molecule has 0 aromatic heterocycles. The summed E-state index contributed by atoms with van der Waals surface area (Å²) < 4.78 is 24.5. The van der Waals surface area contributed by atoms with E-state index in [1.54, 1.807) is 6.92 Å². The van der Waals surface area contributed by atoms with Gasteiger partial charge >= 0.3 is 5.97 Å². The first kappa shape index (κ1) is 21.9. The van der Waals surface area contributed by atoms with Crippen molar-refractivity contribution >= 4 is 17.3 Å². The maximum absolute atomic E-state index is 14.7. The van der Waals surface area contributed by atoms with Crippen LogP contribution < -0.4 is 9.64 Å². The monoisotopic (exact) mass is 396 g/mol. The summed E-state index contributed by atoms with van der Waals surface area (Å²) >= 11 is 0. The Morgan fingerprint density at radius 3 is 2.57 bits per heavy atom. The van der Waals surface area contributed by atoms with E-state index in [-0.39, 0.29) is 35.7 Å². The molecule has 1 aliphatic carbocycles. The molecule has 0 unspecified atom stereocenters. The zero-order valence-corrected chi connectivity index (χ0v) is 16.8. The van der Waals surface area contributed by atoms with E-state index in [1.807, 2.05) is 18.7 Å². The number of esters is 1. The summed E-state index contributed by atoms with van der Waals surface area (Å²) in [6.07, 6.45) is 5.16. The second kappa shape index (κ2) is 10.2. The predicted octanol–water partition coefficient (Wildman–Crippen LogP) is 4.47. The Balaban J connectivity index is 2.35. The van der Waals surface area contributed by atoms with Gasteiger partial charge in [0.25, 0.3) is 5.69 Å². The minimum absolute atomic E-state index is 0.153. The van der Waals surface area contributed by atoms with Crippen LogP contribution in [0, 0.1) is 21.8 Å². The predicted molar refractivity (Wildman–Crippen MR) is 104 cm³/mol. The van der Waals surface area contributed by atoms with E-state index in [2.05, 4.69) is 0 Å². The van der Waals surface area contributed by atoms with Gasteiger partial charge in [0.15, 0.2) is 18.2 Å². The van der Waals surface area contributed by atoms with Crippen molar-refractivity contribution in [2.24, 2.45) is 5.92 Å². The molecule has 0 spiro atoms. The van der Waals surface area contributed by atoms with Gasteiger partial charge in [-0.15, -0.1) is 0 Å². The van der Waals surface area contributed by atoms with E-state index >= 15 is 0 Å². The second-order valence-corrected chi connectivity index (χ2v) is 7.46. The minimum Gasteiger partial charge on any atom is -0.479 e. The van der Waals surface area contributed by atoms with E-state index in [0.29, 0.717) is 6.54 Å². The number of nitro benzene ring substituents is 1. The lowest BCUT2D eigenvalue weighted by Crippen LogP contribution is -2.39. The average Bonchev–Trinajstić information content (AvgIpc) is 2.65. The van der Waals surface area contributed by atoms with E-state index in [4.69, 9.17) is 9.47 Å². The highest BCUT2D eigenvalue weighted by molar-refractivity contribution is 5.71. The molecule has 0 aliphatic heterocycles. The molecule has 2 rings (SSSR count). The molecule has 1 fully saturated rings. The molecule has 0 amide bonds. The molecule has 8 heteroatoms. The summed E-state index contributed by atoms with van der Waals surface area (Å²) in [5, 5.41) is 11.7. The summed E-state index contributed by atoms with van der Waals surface area (Å²) in [4.78, 5) is 24.6. The van der Waals surface area contributed by atoms with Gasteiger partial charge in [0, 0.05) is 18.7 Å². The Morgan fingerprint density at radius 1 is 1.32 bits per heavy atom. The van der Waals surface area contributed by atoms with Crippen molar-refractivity contribution in [1.82, 2.24) is 0 Å². The number of carbonyl (C=O) groups excluding carboxylic acids is 1. The van der Waals surface area contributed by atoms with Crippen molar-refractivity contribution < 1.29 is 23.6 Å². The quantitative estimate of drug-likeness (QED) is 0.348. The van der Waals surface area contributed by atoms with Crippen LogP contribution in [0.15, 0.2) is 12.1 Å². The lowest BCUT2D eigenvalue weighted by atomic mass is 9.93. The molecule has 1 saturated carbocycles. The Labute approximate surface area is 165 Å². The Hall–Kier alpha value is -2.38. The third-order valence-corrected chi connectivity index (χ3v) is 4.76. The third kappa shape index (κ3) is 5.81. The molecule has 0 bridgehead atoms. The van der Waals surface area contributed by atoms with Crippen molar-refractivity contribution in [3.05, 3.63) is 28.1 Å². The highest BCUT2D eigenvalue weighted by atomic mass is 19.1. The van der Waals surface area contributed by atoms with E-state index in [1.165, 1.54) is 0 Å². The summed E-state index contributed by atoms with van der Waals surface area (Å²) in [6.45, 7) is 6.00. The van der Waals surface area contributed by atoms with Gasteiger partial charge in [0.1, 0.15) is 5.69 Å².